The molecular formula is C23H23N3O6S. The average Bonchev–Trinajstić information content (AvgIpc) is 2.82. The number of sulfonamides is 1. The lowest BCUT2D eigenvalue weighted by atomic mass is 10.2. The van der Waals surface area contributed by atoms with E-state index in [2.05, 4.69) is 5.32 Å². The predicted molar refractivity (Wildman–Crippen MR) is 124 cm³/mol. The molecule has 0 spiro atoms. The van der Waals surface area contributed by atoms with Crippen molar-refractivity contribution in [2.24, 2.45) is 0 Å². The van der Waals surface area contributed by atoms with Gasteiger partial charge in [-0.05, 0) is 42.8 Å². The standard InChI is InChI=1S/C23H23N3O6S/c1-2-32-21-11-6-8-18(14-21)16-24-23(27)17-25(19-9-7-10-20(15-19)26(28)29)33(30,31)22-12-4-3-5-13-22/h3-15H,2,16-17H2,1H3,(H,24,27). The highest BCUT2D eigenvalue weighted by molar-refractivity contribution is 7.92. The van der Waals surface area contributed by atoms with Crippen molar-refractivity contribution >= 4 is 27.3 Å². The Morgan fingerprint density at radius 3 is 2.45 bits per heavy atom. The molecule has 3 aromatic rings. The van der Waals surface area contributed by atoms with Gasteiger partial charge in [-0.15, -0.1) is 0 Å². The van der Waals surface area contributed by atoms with E-state index >= 15 is 0 Å². The van der Waals surface area contributed by atoms with Crippen LogP contribution in [0.3, 0.4) is 0 Å². The van der Waals surface area contributed by atoms with Crippen LogP contribution in [-0.2, 0) is 21.4 Å². The van der Waals surface area contributed by atoms with Crippen molar-refractivity contribution < 1.29 is 22.9 Å². The lowest BCUT2D eigenvalue weighted by Crippen LogP contribution is -2.40. The number of carbonyl (C=O) groups is 1. The highest BCUT2D eigenvalue weighted by atomic mass is 32.2. The molecule has 33 heavy (non-hydrogen) atoms. The molecule has 0 aliphatic rings. The Balaban J connectivity index is 1.85. The second kappa shape index (κ2) is 10.6. The maximum atomic E-state index is 13.3. The number of benzene rings is 3. The quantitative estimate of drug-likeness (QED) is 0.359. The fourth-order valence-corrected chi connectivity index (χ4v) is 4.53. The minimum atomic E-state index is -4.16. The number of hydrogen-bond donors (Lipinski definition) is 1. The van der Waals surface area contributed by atoms with Gasteiger partial charge < -0.3 is 10.1 Å². The number of nitro groups is 1. The largest absolute Gasteiger partial charge is 0.494 e. The molecule has 10 heteroatoms. The maximum absolute atomic E-state index is 13.3. The van der Waals surface area contributed by atoms with Crippen LogP contribution in [0.15, 0.2) is 83.8 Å². The highest BCUT2D eigenvalue weighted by Crippen LogP contribution is 2.26. The summed E-state index contributed by atoms with van der Waals surface area (Å²) in [5, 5.41) is 13.9. The van der Waals surface area contributed by atoms with Crippen molar-refractivity contribution in [2.75, 3.05) is 17.5 Å². The first-order valence-electron chi connectivity index (χ1n) is 10.1. The Morgan fingerprint density at radius 1 is 1.03 bits per heavy atom. The molecule has 0 saturated carbocycles. The number of amides is 1. The predicted octanol–water partition coefficient (Wildman–Crippen LogP) is 3.51. The summed E-state index contributed by atoms with van der Waals surface area (Å²) < 4.78 is 32.9. The molecule has 0 aliphatic heterocycles. The van der Waals surface area contributed by atoms with E-state index in [1.165, 1.54) is 30.3 Å². The highest BCUT2D eigenvalue weighted by Gasteiger charge is 2.28. The first kappa shape index (κ1) is 23.7. The SMILES string of the molecule is CCOc1cccc(CNC(=O)CN(c2cccc([N+](=O)[O-])c2)S(=O)(=O)c2ccccc2)c1. The molecule has 3 rings (SSSR count). The van der Waals surface area contributed by atoms with E-state index in [9.17, 15) is 23.3 Å². The molecule has 1 amide bonds. The molecule has 0 aliphatic carbocycles. The summed E-state index contributed by atoms with van der Waals surface area (Å²) in [7, 11) is -4.16. The van der Waals surface area contributed by atoms with Crippen molar-refractivity contribution in [1.82, 2.24) is 5.32 Å². The number of anilines is 1. The molecule has 0 bridgehead atoms. The molecule has 0 aromatic heterocycles. The van der Waals surface area contributed by atoms with Crippen molar-refractivity contribution in [3.8, 4) is 5.75 Å². The van der Waals surface area contributed by atoms with Crippen LogP contribution in [0.4, 0.5) is 11.4 Å². The van der Waals surface area contributed by atoms with Crippen molar-refractivity contribution in [3.63, 3.8) is 0 Å². The minimum Gasteiger partial charge on any atom is -0.494 e. The zero-order chi connectivity index (χ0) is 23.8. The van der Waals surface area contributed by atoms with E-state index in [1.807, 2.05) is 13.0 Å². The number of nitro benzene ring substituents is 1. The summed E-state index contributed by atoms with van der Waals surface area (Å²) in [6.07, 6.45) is 0. The van der Waals surface area contributed by atoms with Crippen LogP contribution in [0.2, 0.25) is 0 Å². The zero-order valence-electron chi connectivity index (χ0n) is 17.9. The number of ether oxygens (including phenoxy) is 1. The van der Waals surface area contributed by atoms with Crippen LogP contribution in [0, 0.1) is 10.1 Å². The lowest BCUT2D eigenvalue weighted by molar-refractivity contribution is -0.384. The molecule has 0 heterocycles. The number of rotatable bonds is 10. The smallest absolute Gasteiger partial charge is 0.271 e. The Kier molecular flexibility index (Phi) is 7.62. The zero-order valence-corrected chi connectivity index (χ0v) is 18.7. The number of nitrogens with one attached hydrogen (secondary N) is 1. The van der Waals surface area contributed by atoms with Crippen LogP contribution >= 0.6 is 0 Å². The lowest BCUT2D eigenvalue weighted by Gasteiger charge is -2.24. The van der Waals surface area contributed by atoms with Crippen LogP contribution < -0.4 is 14.4 Å². The first-order chi connectivity index (χ1) is 15.8. The van der Waals surface area contributed by atoms with Gasteiger partial charge in [0.15, 0.2) is 0 Å². The summed E-state index contributed by atoms with van der Waals surface area (Å²) in [5.41, 5.74) is 0.512. The van der Waals surface area contributed by atoms with Gasteiger partial charge >= 0.3 is 0 Å². The number of hydrogen-bond acceptors (Lipinski definition) is 6. The summed E-state index contributed by atoms with van der Waals surface area (Å²) >= 11 is 0. The van der Waals surface area contributed by atoms with Gasteiger partial charge in [-0.1, -0.05) is 36.4 Å². The third kappa shape index (κ3) is 6.07. The van der Waals surface area contributed by atoms with Crippen molar-refractivity contribution in [1.29, 1.82) is 0 Å². The average molecular weight is 470 g/mol. The normalized spacial score (nSPS) is 10.9. The number of carbonyl (C=O) groups excluding carboxylic acids is 1. The maximum Gasteiger partial charge on any atom is 0.271 e. The number of non-ortho nitro benzene ring substituents is 1. The molecular weight excluding hydrogens is 446 g/mol. The number of nitrogens with zero attached hydrogens (tertiary/aromatic N) is 2. The van der Waals surface area contributed by atoms with Crippen LogP contribution in [0.25, 0.3) is 0 Å². The van der Waals surface area contributed by atoms with Crippen LogP contribution in [0.1, 0.15) is 12.5 Å². The second-order valence-electron chi connectivity index (χ2n) is 6.96. The van der Waals surface area contributed by atoms with Gasteiger partial charge in [-0.25, -0.2) is 8.42 Å². The fourth-order valence-electron chi connectivity index (χ4n) is 3.10. The monoisotopic (exact) mass is 469 g/mol. The van der Waals surface area contributed by atoms with Gasteiger partial charge in [0.05, 0.1) is 22.1 Å². The second-order valence-corrected chi connectivity index (χ2v) is 8.82. The molecule has 0 radical (unpaired) electrons. The van der Waals surface area contributed by atoms with Gasteiger partial charge in [0, 0.05) is 18.7 Å². The van der Waals surface area contributed by atoms with Gasteiger partial charge in [0.2, 0.25) is 5.91 Å². The summed E-state index contributed by atoms with van der Waals surface area (Å²) in [5.74, 6) is 0.0944. The van der Waals surface area contributed by atoms with E-state index in [1.54, 1.807) is 36.4 Å². The van der Waals surface area contributed by atoms with Gasteiger partial charge in [0.1, 0.15) is 12.3 Å². The van der Waals surface area contributed by atoms with E-state index < -0.39 is 27.4 Å². The Labute approximate surface area is 191 Å². The minimum absolute atomic E-state index is 0.0153. The fraction of sp³-hybridized carbons (Fsp3) is 0.174. The summed E-state index contributed by atoms with van der Waals surface area (Å²) in [4.78, 5) is 23.3. The molecule has 0 unspecified atom stereocenters. The van der Waals surface area contributed by atoms with Gasteiger partial charge in [-0.2, -0.15) is 0 Å². The Bertz CT molecular complexity index is 1230. The van der Waals surface area contributed by atoms with E-state index in [4.69, 9.17) is 4.74 Å². The van der Waals surface area contributed by atoms with Gasteiger partial charge in [0.25, 0.3) is 15.7 Å². The molecule has 9 nitrogen and oxygen atoms in total. The first-order valence-corrected chi connectivity index (χ1v) is 11.6. The van der Waals surface area contributed by atoms with Crippen molar-refractivity contribution in [2.45, 2.75) is 18.4 Å². The third-order valence-corrected chi connectivity index (χ3v) is 6.43. The van der Waals surface area contributed by atoms with Crippen LogP contribution in [0.5, 0.6) is 5.75 Å². The third-order valence-electron chi connectivity index (χ3n) is 4.65. The summed E-state index contributed by atoms with van der Waals surface area (Å²) in [6.45, 7) is 1.98. The molecule has 3 aromatic carbocycles. The molecule has 0 atom stereocenters. The van der Waals surface area contributed by atoms with E-state index in [0.717, 1.165) is 15.9 Å². The van der Waals surface area contributed by atoms with Crippen LogP contribution in [-0.4, -0.2) is 32.4 Å². The molecule has 1 N–H and O–H groups in total. The van der Waals surface area contributed by atoms with Gasteiger partial charge in [-0.3, -0.25) is 19.2 Å². The summed E-state index contributed by atoms with van der Waals surface area (Å²) in [6, 6.07) is 19.9. The molecule has 0 saturated heterocycles. The molecule has 0 fully saturated rings. The topological polar surface area (TPSA) is 119 Å². The Morgan fingerprint density at radius 2 is 1.76 bits per heavy atom. The van der Waals surface area contributed by atoms with E-state index in [-0.39, 0.29) is 22.8 Å². The Hall–Kier alpha value is -3.92. The van der Waals surface area contributed by atoms with E-state index in [0.29, 0.717) is 12.4 Å². The molecule has 172 valence electrons. The van der Waals surface area contributed by atoms with Crippen molar-refractivity contribution in [3.05, 3.63) is 94.5 Å².